The van der Waals surface area contributed by atoms with Crippen LogP contribution in [-0.4, -0.2) is 17.1 Å². The Balaban J connectivity index is 1.57. The molecule has 2 atom stereocenters. The summed E-state index contributed by atoms with van der Waals surface area (Å²) in [6, 6.07) is 20.4. The Morgan fingerprint density at radius 3 is 2.37 bits per heavy atom. The Morgan fingerprint density at radius 2 is 1.63 bits per heavy atom. The molecular weight excluding hydrogens is 334 g/mol. The summed E-state index contributed by atoms with van der Waals surface area (Å²) in [7, 11) is 0. The largest absolute Gasteiger partial charge is 0.481 e. The minimum atomic E-state index is -0.630. The second-order valence-corrected chi connectivity index (χ2v) is 8.14. The topological polar surface area (TPSA) is 49.3 Å². The highest BCUT2D eigenvalue weighted by atomic mass is 16.4. The van der Waals surface area contributed by atoms with E-state index in [1.54, 1.807) is 0 Å². The van der Waals surface area contributed by atoms with Gasteiger partial charge in [0.2, 0.25) is 0 Å². The molecule has 2 unspecified atom stereocenters. The number of rotatable bonds is 5. The zero-order valence-corrected chi connectivity index (χ0v) is 15.8. The predicted molar refractivity (Wildman–Crippen MR) is 108 cm³/mol. The first kappa shape index (κ1) is 18.2. The van der Waals surface area contributed by atoms with E-state index in [4.69, 9.17) is 0 Å². The van der Waals surface area contributed by atoms with Crippen LogP contribution in [0.3, 0.4) is 0 Å². The lowest BCUT2D eigenvalue weighted by molar-refractivity contribution is -0.142. The van der Waals surface area contributed by atoms with Gasteiger partial charge in [0, 0.05) is 18.0 Å². The summed E-state index contributed by atoms with van der Waals surface area (Å²) in [5.74, 6) is -0.308. The number of aryl methyl sites for hydroxylation is 1. The van der Waals surface area contributed by atoms with Crippen molar-refractivity contribution < 1.29 is 9.90 Å². The molecule has 27 heavy (non-hydrogen) atoms. The van der Waals surface area contributed by atoms with Gasteiger partial charge in [0.05, 0.1) is 5.92 Å². The van der Waals surface area contributed by atoms with Gasteiger partial charge in [-0.05, 0) is 61.6 Å². The Morgan fingerprint density at radius 1 is 0.926 bits per heavy atom. The third kappa shape index (κ3) is 4.08. The summed E-state index contributed by atoms with van der Waals surface area (Å²) >= 11 is 0. The van der Waals surface area contributed by atoms with Crippen LogP contribution in [0.1, 0.15) is 67.2 Å². The molecule has 0 aromatic heterocycles. The van der Waals surface area contributed by atoms with Crippen molar-refractivity contribution in [1.29, 1.82) is 0 Å². The van der Waals surface area contributed by atoms with E-state index in [1.165, 1.54) is 36.0 Å². The summed E-state index contributed by atoms with van der Waals surface area (Å²) in [6.45, 7) is 0. The van der Waals surface area contributed by atoms with E-state index in [9.17, 15) is 9.90 Å². The number of hydrogen-bond donors (Lipinski definition) is 2. The van der Waals surface area contributed by atoms with Gasteiger partial charge in [0.15, 0.2) is 0 Å². The first-order chi connectivity index (χ1) is 13.2. The molecule has 1 saturated carbocycles. The molecule has 0 bridgehead atoms. The van der Waals surface area contributed by atoms with E-state index in [0.717, 1.165) is 25.7 Å². The van der Waals surface area contributed by atoms with Crippen molar-refractivity contribution in [2.75, 3.05) is 0 Å². The smallest absolute Gasteiger partial charge is 0.306 e. The van der Waals surface area contributed by atoms with Crippen LogP contribution < -0.4 is 5.32 Å². The average molecular weight is 364 g/mol. The zero-order valence-electron chi connectivity index (χ0n) is 15.8. The fraction of sp³-hybridized carbons (Fsp3) is 0.458. The van der Waals surface area contributed by atoms with Crippen molar-refractivity contribution in [2.24, 2.45) is 5.92 Å². The fourth-order valence-electron chi connectivity index (χ4n) is 5.00. The maximum absolute atomic E-state index is 11.3. The summed E-state index contributed by atoms with van der Waals surface area (Å²) in [5.41, 5.74) is 4.33. The van der Waals surface area contributed by atoms with E-state index >= 15 is 0 Å². The molecular formula is C24H29NO2. The molecule has 0 amide bonds. The lowest BCUT2D eigenvalue weighted by Gasteiger charge is -2.37. The van der Waals surface area contributed by atoms with Gasteiger partial charge < -0.3 is 10.4 Å². The lowest BCUT2D eigenvalue weighted by Crippen LogP contribution is -2.40. The first-order valence-electron chi connectivity index (χ1n) is 10.3. The van der Waals surface area contributed by atoms with E-state index in [2.05, 4.69) is 59.9 Å². The van der Waals surface area contributed by atoms with Crippen molar-refractivity contribution in [3.8, 4) is 0 Å². The highest BCUT2D eigenvalue weighted by Crippen LogP contribution is 2.41. The molecule has 2 aromatic carbocycles. The SMILES string of the molecule is O=C(O)C1CCC(NC(c2ccccc2)C2CCCc3ccccc32)CC1. The molecule has 0 spiro atoms. The first-order valence-corrected chi connectivity index (χ1v) is 10.3. The Labute approximate surface area is 161 Å². The Bertz CT molecular complexity index is 765. The fourth-order valence-corrected chi connectivity index (χ4v) is 5.00. The number of nitrogens with one attached hydrogen (secondary N) is 1. The lowest BCUT2D eigenvalue weighted by atomic mass is 9.76. The number of benzene rings is 2. The molecule has 3 heteroatoms. The second kappa shape index (κ2) is 8.26. The van der Waals surface area contributed by atoms with Crippen LogP contribution in [0.2, 0.25) is 0 Å². The number of aliphatic carboxylic acids is 1. The molecule has 2 aliphatic rings. The van der Waals surface area contributed by atoms with E-state index in [1.807, 2.05) is 0 Å². The zero-order chi connectivity index (χ0) is 18.6. The summed E-state index contributed by atoms with van der Waals surface area (Å²) in [4.78, 5) is 11.3. The monoisotopic (exact) mass is 363 g/mol. The number of fused-ring (bicyclic) bond motifs is 1. The third-order valence-electron chi connectivity index (χ3n) is 6.47. The highest BCUT2D eigenvalue weighted by molar-refractivity contribution is 5.70. The molecule has 2 aliphatic carbocycles. The van der Waals surface area contributed by atoms with Gasteiger partial charge in [0.25, 0.3) is 0 Å². The molecule has 3 nitrogen and oxygen atoms in total. The van der Waals surface area contributed by atoms with Gasteiger partial charge in [-0.3, -0.25) is 4.79 Å². The van der Waals surface area contributed by atoms with Crippen molar-refractivity contribution in [3.05, 3.63) is 71.3 Å². The maximum atomic E-state index is 11.3. The van der Waals surface area contributed by atoms with Crippen LogP contribution in [0.4, 0.5) is 0 Å². The number of carbonyl (C=O) groups is 1. The van der Waals surface area contributed by atoms with Crippen LogP contribution >= 0.6 is 0 Å². The highest BCUT2D eigenvalue weighted by Gasteiger charge is 2.32. The van der Waals surface area contributed by atoms with Crippen molar-refractivity contribution >= 4 is 5.97 Å². The van der Waals surface area contributed by atoms with Crippen LogP contribution in [-0.2, 0) is 11.2 Å². The molecule has 0 saturated heterocycles. The molecule has 2 N–H and O–H groups in total. The predicted octanol–water partition coefficient (Wildman–Crippen LogP) is 5.08. The van der Waals surface area contributed by atoms with E-state index < -0.39 is 5.97 Å². The van der Waals surface area contributed by atoms with E-state index in [-0.39, 0.29) is 5.92 Å². The van der Waals surface area contributed by atoms with Gasteiger partial charge in [-0.15, -0.1) is 0 Å². The molecule has 4 rings (SSSR count). The Kier molecular flexibility index (Phi) is 5.58. The molecule has 1 fully saturated rings. The normalized spacial score (nSPS) is 26.1. The van der Waals surface area contributed by atoms with Gasteiger partial charge in [-0.25, -0.2) is 0 Å². The van der Waals surface area contributed by atoms with Gasteiger partial charge in [0.1, 0.15) is 0 Å². The van der Waals surface area contributed by atoms with E-state index in [0.29, 0.717) is 18.0 Å². The van der Waals surface area contributed by atoms with Crippen LogP contribution in [0.25, 0.3) is 0 Å². The van der Waals surface area contributed by atoms with Crippen molar-refractivity contribution in [1.82, 2.24) is 5.32 Å². The van der Waals surface area contributed by atoms with Gasteiger partial charge in [-0.1, -0.05) is 54.6 Å². The maximum Gasteiger partial charge on any atom is 0.306 e. The summed E-state index contributed by atoms with van der Waals surface area (Å²) in [5, 5.41) is 13.2. The van der Waals surface area contributed by atoms with Crippen LogP contribution in [0.15, 0.2) is 54.6 Å². The molecule has 0 radical (unpaired) electrons. The standard InChI is InChI=1S/C24H29NO2/c26-24(27)19-13-15-20(16-14-19)25-23(18-8-2-1-3-9-18)22-12-6-10-17-7-4-5-11-21(17)22/h1-5,7-9,11,19-20,22-23,25H,6,10,12-16H2,(H,26,27). The molecule has 0 heterocycles. The minimum Gasteiger partial charge on any atom is -0.481 e. The molecule has 0 aliphatic heterocycles. The molecule has 2 aromatic rings. The van der Waals surface area contributed by atoms with Crippen LogP contribution in [0.5, 0.6) is 0 Å². The summed E-state index contributed by atoms with van der Waals surface area (Å²) < 4.78 is 0. The van der Waals surface area contributed by atoms with Crippen LogP contribution in [0, 0.1) is 5.92 Å². The van der Waals surface area contributed by atoms with Gasteiger partial charge >= 0.3 is 5.97 Å². The van der Waals surface area contributed by atoms with Crippen molar-refractivity contribution in [3.63, 3.8) is 0 Å². The number of carboxylic acids is 1. The third-order valence-corrected chi connectivity index (χ3v) is 6.47. The number of hydrogen-bond acceptors (Lipinski definition) is 2. The van der Waals surface area contributed by atoms with Gasteiger partial charge in [-0.2, -0.15) is 0 Å². The summed E-state index contributed by atoms with van der Waals surface area (Å²) in [6.07, 6.45) is 7.10. The minimum absolute atomic E-state index is 0.159. The average Bonchev–Trinajstić information content (AvgIpc) is 2.73. The second-order valence-electron chi connectivity index (χ2n) is 8.14. The van der Waals surface area contributed by atoms with Crippen molar-refractivity contribution in [2.45, 2.75) is 62.9 Å². The molecule has 142 valence electrons. The Hall–Kier alpha value is -2.13. The quantitative estimate of drug-likeness (QED) is 0.779. The number of carboxylic acid groups (broad SMARTS) is 1.